The molecule has 0 fully saturated rings. The van der Waals surface area contributed by atoms with E-state index in [9.17, 15) is 23.4 Å². The number of aliphatic hydroxyl groups excluding tert-OH is 1. The first kappa shape index (κ1) is 19.6. The van der Waals surface area contributed by atoms with Gasteiger partial charge in [-0.15, -0.1) is 0 Å². The third kappa shape index (κ3) is 4.20. The monoisotopic (exact) mass is 403 g/mol. The van der Waals surface area contributed by atoms with Gasteiger partial charge in [0.1, 0.15) is 11.4 Å². The molecule has 0 unspecified atom stereocenters. The van der Waals surface area contributed by atoms with Gasteiger partial charge >= 0.3 is 10.2 Å². The Balaban J connectivity index is 1.84. The van der Waals surface area contributed by atoms with Crippen molar-refractivity contribution in [3.05, 3.63) is 71.2 Å². The van der Waals surface area contributed by atoms with Gasteiger partial charge in [0.2, 0.25) is 11.8 Å². The van der Waals surface area contributed by atoms with E-state index in [4.69, 9.17) is 0 Å². The van der Waals surface area contributed by atoms with Gasteiger partial charge in [-0.05, 0) is 42.2 Å². The van der Waals surface area contributed by atoms with E-state index >= 15 is 0 Å². The van der Waals surface area contributed by atoms with Gasteiger partial charge in [-0.25, -0.2) is 9.03 Å². The van der Waals surface area contributed by atoms with Crippen LogP contribution in [0.4, 0.5) is 5.69 Å². The van der Waals surface area contributed by atoms with E-state index < -0.39 is 16.1 Å². The third-order valence-electron chi connectivity index (χ3n) is 4.25. The Hall–Kier alpha value is -3.20. The first-order chi connectivity index (χ1) is 13.3. The summed E-state index contributed by atoms with van der Waals surface area (Å²) in [5, 5.41) is 22.5. The molecule has 8 nitrogen and oxygen atoms in total. The minimum Gasteiger partial charge on any atom is -0.506 e. The van der Waals surface area contributed by atoms with E-state index in [2.05, 4.69) is 5.32 Å². The van der Waals surface area contributed by atoms with Crippen LogP contribution in [-0.4, -0.2) is 31.1 Å². The van der Waals surface area contributed by atoms with Crippen LogP contribution in [0.3, 0.4) is 0 Å². The predicted octanol–water partition coefficient (Wildman–Crippen LogP) is 1.67. The maximum Gasteiger partial charge on any atom is 0.330 e. The molecule has 1 aliphatic rings. The molecule has 2 aromatic carbocycles. The molecule has 4 N–H and O–H groups in total. The molecule has 2 aromatic rings. The van der Waals surface area contributed by atoms with Crippen molar-refractivity contribution in [2.75, 3.05) is 10.8 Å². The Bertz CT molecular complexity index is 1030. The maximum absolute atomic E-state index is 12.0. The lowest BCUT2D eigenvalue weighted by molar-refractivity contribution is -0.120. The molecule has 0 atom stereocenters. The zero-order valence-corrected chi connectivity index (χ0v) is 16.0. The quantitative estimate of drug-likeness (QED) is 0.585. The molecule has 0 aromatic heterocycles. The summed E-state index contributed by atoms with van der Waals surface area (Å²) in [5.74, 6) is -0.829. The largest absolute Gasteiger partial charge is 0.506 e. The van der Waals surface area contributed by atoms with Crippen molar-refractivity contribution >= 4 is 21.8 Å². The van der Waals surface area contributed by atoms with E-state index in [0.717, 1.165) is 27.2 Å². The number of anilines is 1. The van der Waals surface area contributed by atoms with Crippen molar-refractivity contribution in [1.82, 2.24) is 10.0 Å². The molecule has 28 heavy (non-hydrogen) atoms. The minimum atomic E-state index is -3.97. The maximum atomic E-state index is 12.0. The summed E-state index contributed by atoms with van der Waals surface area (Å²) in [7, 11) is -3.97. The van der Waals surface area contributed by atoms with Gasteiger partial charge in [0, 0.05) is 6.54 Å². The normalized spacial score (nSPS) is 15.0. The first-order valence-corrected chi connectivity index (χ1v) is 10.1. The average Bonchev–Trinajstić information content (AvgIpc) is 2.89. The summed E-state index contributed by atoms with van der Waals surface area (Å²) >= 11 is 0. The van der Waals surface area contributed by atoms with Gasteiger partial charge in [-0.2, -0.15) is 8.42 Å². The second-order valence-corrected chi connectivity index (χ2v) is 7.86. The van der Waals surface area contributed by atoms with Gasteiger partial charge in [-0.3, -0.25) is 4.79 Å². The highest BCUT2D eigenvalue weighted by Crippen LogP contribution is 2.33. The second kappa shape index (κ2) is 7.81. The predicted molar refractivity (Wildman–Crippen MR) is 105 cm³/mol. The number of nitrogens with zero attached hydrogens (tertiary/aromatic N) is 1. The zero-order valence-electron chi connectivity index (χ0n) is 15.2. The van der Waals surface area contributed by atoms with E-state index in [1.807, 2.05) is 35.9 Å². The molecule has 0 bridgehead atoms. The van der Waals surface area contributed by atoms with Crippen LogP contribution in [0.25, 0.3) is 0 Å². The first-order valence-electron chi connectivity index (χ1n) is 8.68. The van der Waals surface area contributed by atoms with Gasteiger partial charge < -0.3 is 15.5 Å². The molecule has 0 spiro atoms. The standard InChI is InChI=1S/C19H21N3O5S/c1-2-20-18(24)11-15-6-4-3-5-14(15)9-13-7-8-16(17(23)10-13)22-12-19(25)21-28(22,26)27/h3-8,10,12,21,23,25H,2,9,11H2,1H3,(H,20,24). The second-order valence-electron chi connectivity index (χ2n) is 6.32. The Labute approximate surface area is 163 Å². The van der Waals surface area contributed by atoms with Gasteiger partial charge in [0.15, 0.2) is 0 Å². The molecule has 1 heterocycles. The highest BCUT2D eigenvalue weighted by molar-refractivity contribution is 7.91. The number of nitrogens with one attached hydrogen (secondary N) is 2. The molecule has 1 amide bonds. The van der Waals surface area contributed by atoms with Crippen LogP contribution in [-0.2, 0) is 27.8 Å². The SMILES string of the molecule is CCNC(=O)Cc1ccccc1Cc1ccc(N2C=C(O)NS2(=O)=O)c(O)c1. The minimum absolute atomic E-state index is 0.0240. The van der Waals surface area contributed by atoms with E-state index in [-0.39, 0.29) is 23.8 Å². The summed E-state index contributed by atoms with van der Waals surface area (Å²) in [6.07, 6.45) is 1.71. The molecule has 0 saturated heterocycles. The summed E-state index contributed by atoms with van der Waals surface area (Å²) in [4.78, 5) is 11.9. The Kier molecular flexibility index (Phi) is 5.46. The van der Waals surface area contributed by atoms with Crippen molar-refractivity contribution < 1.29 is 23.4 Å². The topological polar surface area (TPSA) is 119 Å². The van der Waals surface area contributed by atoms with Crippen LogP contribution in [0, 0.1) is 0 Å². The van der Waals surface area contributed by atoms with Gasteiger partial charge in [-0.1, -0.05) is 30.3 Å². The van der Waals surface area contributed by atoms with E-state index in [1.165, 1.54) is 12.1 Å². The Morgan fingerprint density at radius 3 is 2.46 bits per heavy atom. The van der Waals surface area contributed by atoms with Crippen molar-refractivity contribution in [2.24, 2.45) is 0 Å². The van der Waals surface area contributed by atoms with Crippen molar-refractivity contribution in [2.45, 2.75) is 19.8 Å². The van der Waals surface area contributed by atoms with Gasteiger partial charge in [0.25, 0.3) is 0 Å². The Morgan fingerprint density at radius 1 is 1.14 bits per heavy atom. The number of phenols is 1. The van der Waals surface area contributed by atoms with E-state index in [0.29, 0.717) is 13.0 Å². The molecule has 148 valence electrons. The summed E-state index contributed by atoms with van der Waals surface area (Å²) in [5.41, 5.74) is 2.60. The van der Waals surface area contributed by atoms with Crippen molar-refractivity contribution in [1.29, 1.82) is 0 Å². The molecule has 1 aliphatic heterocycles. The van der Waals surface area contributed by atoms with Crippen molar-refractivity contribution in [3.63, 3.8) is 0 Å². The molecule has 0 aliphatic carbocycles. The fourth-order valence-corrected chi connectivity index (χ4v) is 4.07. The number of hydrogen-bond acceptors (Lipinski definition) is 5. The lowest BCUT2D eigenvalue weighted by Crippen LogP contribution is -2.29. The van der Waals surface area contributed by atoms with Crippen LogP contribution in [0.15, 0.2) is 54.5 Å². The summed E-state index contributed by atoms with van der Waals surface area (Å²) in [6.45, 7) is 2.42. The fourth-order valence-electron chi connectivity index (χ4n) is 3.01. The van der Waals surface area contributed by atoms with Gasteiger partial charge in [0.05, 0.1) is 12.6 Å². The number of amides is 1. The number of carbonyl (C=O) groups excluding carboxylic acids is 1. The van der Waals surface area contributed by atoms with Crippen LogP contribution in [0.1, 0.15) is 23.6 Å². The Morgan fingerprint density at radius 2 is 1.86 bits per heavy atom. The number of benzene rings is 2. The highest BCUT2D eigenvalue weighted by Gasteiger charge is 2.30. The average molecular weight is 403 g/mol. The van der Waals surface area contributed by atoms with Crippen LogP contribution in [0.5, 0.6) is 5.75 Å². The number of likely N-dealkylation sites (N-methyl/N-ethyl adjacent to an activating group) is 1. The summed E-state index contributed by atoms with van der Waals surface area (Å²) in [6, 6.07) is 12.2. The number of carbonyl (C=O) groups is 1. The molecule has 3 rings (SSSR count). The van der Waals surface area contributed by atoms with Crippen LogP contribution < -0.4 is 14.3 Å². The lowest BCUT2D eigenvalue weighted by atomic mass is 9.97. The molecular formula is C19H21N3O5S. The van der Waals surface area contributed by atoms with Crippen LogP contribution >= 0.6 is 0 Å². The molecule has 0 saturated carbocycles. The number of hydrogen-bond donors (Lipinski definition) is 4. The number of aliphatic hydroxyl groups is 1. The van der Waals surface area contributed by atoms with E-state index in [1.54, 1.807) is 6.07 Å². The number of aromatic hydroxyl groups is 1. The fraction of sp³-hybridized carbons (Fsp3) is 0.211. The number of phenolic OH excluding ortho intramolecular Hbond substituents is 1. The lowest BCUT2D eigenvalue weighted by Gasteiger charge is -2.16. The summed E-state index contributed by atoms with van der Waals surface area (Å²) < 4.78 is 26.6. The van der Waals surface area contributed by atoms with Crippen molar-refractivity contribution in [3.8, 4) is 5.75 Å². The molecular weight excluding hydrogens is 382 g/mol. The zero-order chi connectivity index (χ0) is 20.3. The number of rotatable bonds is 6. The molecule has 9 heteroatoms. The smallest absolute Gasteiger partial charge is 0.330 e. The third-order valence-corrected chi connectivity index (χ3v) is 5.53. The van der Waals surface area contributed by atoms with Crippen LogP contribution in [0.2, 0.25) is 0 Å². The highest BCUT2D eigenvalue weighted by atomic mass is 32.2. The molecule has 0 radical (unpaired) electrons.